The molecule has 0 aliphatic heterocycles. The molecule has 2 atom stereocenters. The first-order valence-corrected chi connectivity index (χ1v) is 6.40. The number of hydrogen-bond acceptors (Lipinski definition) is 3. The summed E-state index contributed by atoms with van der Waals surface area (Å²) in [5.41, 5.74) is 5.50. The van der Waals surface area contributed by atoms with Gasteiger partial charge in [-0.05, 0) is 31.1 Å². The zero-order valence-electron chi connectivity index (χ0n) is 10.8. The third-order valence-corrected chi connectivity index (χ3v) is 4.30. The van der Waals surface area contributed by atoms with Crippen molar-refractivity contribution in [1.29, 1.82) is 0 Å². The molecule has 3 nitrogen and oxygen atoms in total. The number of nitrogens with two attached hydrogens (primary N) is 1. The second kappa shape index (κ2) is 5.92. The SMILES string of the molecule is CCC(C)(S)CC(CC)(CC)C(N)C(=O)O. The van der Waals surface area contributed by atoms with Gasteiger partial charge >= 0.3 is 5.97 Å². The van der Waals surface area contributed by atoms with Crippen LogP contribution in [0.2, 0.25) is 0 Å². The monoisotopic (exact) mass is 247 g/mol. The number of carboxylic acid groups (broad SMARTS) is 1. The summed E-state index contributed by atoms with van der Waals surface area (Å²) in [5, 5.41) is 9.10. The minimum absolute atomic E-state index is 0.154. The van der Waals surface area contributed by atoms with Crippen molar-refractivity contribution in [3.8, 4) is 0 Å². The lowest BCUT2D eigenvalue weighted by Crippen LogP contribution is -2.49. The molecule has 3 N–H and O–H groups in total. The molecule has 0 fully saturated rings. The average molecular weight is 247 g/mol. The topological polar surface area (TPSA) is 63.3 Å². The first-order chi connectivity index (χ1) is 7.24. The van der Waals surface area contributed by atoms with Gasteiger partial charge in [-0.25, -0.2) is 0 Å². The van der Waals surface area contributed by atoms with E-state index >= 15 is 0 Å². The van der Waals surface area contributed by atoms with E-state index in [4.69, 9.17) is 10.8 Å². The number of aliphatic carboxylic acids is 1. The van der Waals surface area contributed by atoms with Crippen LogP contribution >= 0.6 is 12.6 Å². The molecule has 0 aromatic heterocycles. The molecular weight excluding hydrogens is 222 g/mol. The molecular formula is C12H25NO2S. The van der Waals surface area contributed by atoms with E-state index in [1.807, 2.05) is 20.8 Å². The van der Waals surface area contributed by atoms with Gasteiger partial charge in [0.1, 0.15) is 6.04 Å². The van der Waals surface area contributed by atoms with Crippen molar-refractivity contribution in [2.24, 2.45) is 11.1 Å². The summed E-state index contributed by atoms with van der Waals surface area (Å²) in [4.78, 5) is 11.1. The molecule has 0 heterocycles. The molecule has 0 spiro atoms. The highest BCUT2D eigenvalue weighted by molar-refractivity contribution is 7.81. The van der Waals surface area contributed by atoms with Crippen LogP contribution in [0.3, 0.4) is 0 Å². The van der Waals surface area contributed by atoms with E-state index in [-0.39, 0.29) is 10.2 Å². The van der Waals surface area contributed by atoms with E-state index in [0.29, 0.717) is 0 Å². The van der Waals surface area contributed by atoms with E-state index < -0.39 is 12.0 Å². The van der Waals surface area contributed by atoms with Crippen LogP contribution in [0.15, 0.2) is 0 Å². The fourth-order valence-corrected chi connectivity index (χ4v) is 2.51. The van der Waals surface area contributed by atoms with E-state index in [2.05, 4.69) is 19.6 Å². The second-order valence-corrected chi connectivity index (χ2v) is 5.99. The number of carboxylic acids is 1. The summed E-state index contributed by atoms with van der Waals surface area (Å²) in [7, 11) is 0. The maximum Gasteiger partial charge on any atom is 0.321 e. The fraction of sp³-hybridized carbons (Fsp3) is 0.917. The Labute approximate surface area is 104 Å². The summed E-state index contributed by atoms with van der Waals surface area (Å²) in [6.45, 7) is 8.12. The summed E-state index contributed by atoms with van der Waals surface area (Å²) >= 11 is 4.60. The Morgan fingerprint density at radius 1 is 1.31 bits per heavy atom. The van der Waals surface area contributed by atoms with Gasteiger partial charge in [-0.15, -0.1) is 0 Å². The molecule has 0 aromatic carbocycles. The van der Waals surface area contributed by atoms with Gasteiger partial charge in [0, 0.05) is 4.75 Å². The quantitative estimate of drug-likeness (QED) is 0.606. The molecule has 0 aromatic rings. The zero-order chi connectivity index (χ0) is 13.0. The molecule has 0 saturated heterocycles. The van der Waals surface area contributed by atoms with Crippen LogP contribution in [0, 0.1) is 5.41 Å². The third-order valence-electron chi connectivity index (χ3n) is 3.83. The van der Waals surface area contributed by atoms with Crippen molar-refractivity contribution in [2.45, 2.75) is 64.2 Å². The van der Waals surface area contributed by atoms with Crippen LogP contribution < -0.4 is 5.73 Å². The highest BCUT2D eigenvalue weighted by Crippen LogP contribution is 2.41. The molecule has 0 aliphatic carbocycles. The van der Waals surface area contributed by atoms with Crippen LogP contribution in [-0.4, -0.2) is 21.9 Å². The van der Waals surface area contributed by atoms with Crippen LogP contribution in [0.4, 0.5) is 0 Å². The number of carbonyl (C=O) groups is 1. The normalized spacial score (nSPS) is 17.9. The zero-order valence-corrected chi connectivity index (χ0v) is 11.7. The maximum absolute atomic E-state index is 11.1. The number of hydrogen-bond donors (Lipinski definition) is 3. The third kappa shape index (κ3) is 3.67. The van der Waals surface area contributed by atoms with Gasteiger partial charge in [0.25, 0.3) is 0 Å². The Morgan fingerprint density at radius 2 is 1.75 bits per heavy atom. The minimum atomic E-state index is -0.913. The Morgan fingerprint density at radius 3 is 2.00 bits per heavy atom. The predicted molar refractivity (Wildman–Crippen MR) is 70.9 cm³/mol. The van der Waals surface area contributed by atoms with Crippen molar-refractivity contribution in [3.05, 3.63) is 0 Å². The summed E-state index contributed by atoms with van der Waals surface area (Å²) in [5.74, 6) is -0.913. The van der Waals surface area contributed by atoms with Gasteiger partial charge in [-0.1, -0.05) is 27.7 Å². The van der Waals surface area contributed by atoms with Crippen LogP contribution in [0.25, 0.3) is 0 Å². The minimum Gasteiger partial charge on any atom is -0.480 e. The molecule has 0 radical (unpaired) electrons. The Hall–Kier alpha value is -0.220. The van der Waals surface area contributed by atoms with Gasteiger partial charge in [-0.3, -0.25) is 4.79 Å². The lowest BCUT2D eigenvalue weighted by Gasteiger charge is -2.40. The molecule has 0 bridgehead atoms. The van der Waals surface area contributed by atoms with Crippen LogP contribution in [-0.2, 0) is 4.79 Å². The number of thiol groups is 1. The number of rotatable bonds is 7. The van der Waals surface area contributed by atoms with Crippen LogP contribution in [0.1, 0.15) is 53.4 Å². The van der Waals surface area contributed by atoms with E-state index in [9.17, 15) is 4.79 Å². The van der Waals surface area contributed by atoms with Gasteiger partial charge < -0.3 is 10.8 Å². The largest absolute Gasteiger partial charge is 0.480 e. The molecule has 0 amide bonds. The van der Waals surface area contributed by atoms with Gasteiger partial charge in [0.2, 0.25) is 0 Å². The highest BCUT2D eigenvalue weighted by Gasteiger charge is 2.41. The van der Waals surface area contributed by atoms with E-state index in [0.717, 1.165) is 25.7 Å². The van der Waals surface area contributed by atoms with Crippen LogP contribution in [0.5, 0.6) is 0 Å². The van der Waals surface area contributed by atoms with Gasteiger partial charge in [0.05, 0.1) is 0 Å². The molecule has 2 unspecified atom stereocenters. The molecule has 0 saturated carbocycles. The van der Waals surface area contributed by atoms with Crippen molar-refractivity contribution in [3.63, 3.8) is 0 Å². The van der Waals surface area contributed by atoms with Gasteiger partial charge in [0.15, 0.2) is 0 Å². The second-order valence-electron chi connectivity index (χ2n) is 4.91. The van der Waals surface area contributed by atoms with Crippen molar-refractivity contribution < 1.29 is 9.90 Å². The lowest BCUT2D eigenvalue weighted by molar-refractivity contribution is -0.142. The molecule has 0 aliphatic rings. The Kier molecular flexibility index (Phi) is 5.84. The standard InChI is InChI=1S/C12H25NO2S/c1-5-11(4,16)8-12(6-2,7-3)9(13)10(14)15/h9,16H,5-8,13H2,1-4H3,(H,14,15). The van der Waals surface area contributed by atoms with Crippen molar-refractivity contribution in [1.82, 2.24) is 0 Å². The molecule has 96 valence electrons. The first kappa shape index (κ1) is 15.8. The maximum atomic E-state index is 11.1. The Balaban J connectivity index is 5.03. The smallest absolute Gasteiger partial charge is 0.321 e. The molecule has 0 rings (SSSR count). The summed E-state index contributed by atoms with van der Waals surface area (Å²) in [6.07, 6.45) is 3.19. The van der Waals surface area contributed by atoms with E-state index in [1.54, 1.807) is 0 Å². The Bertz CT molecular complexity index is 237. The molecule has 16 heavy (non-hydrogen) atoms. The average Bonchev–Trinajstić information content (AvgIpc) is 2.25. The van der Waals surface area contributed by atoms with E-state index in [1.165, 1.54) is 0 Å². The summed E-state index contributed by atoms with van der Waals surface area (Å²) < 4.78 is -0.154. The predicted octanol–water partition coefficient (Wildman–Crippen LogP) is 2.69. The van der Waals surface area contributed by atoms with Crippen molar-refractivity contribution >= 4 is 18.6 Å². The first-order valence-electron chi connectivity index (χ1n) is 5.95. The fourth-order valence-electron chi connectivity index (χ4n) is 2.20. The van der Waals surface area contributed by atoms with Crippen molar-refractivity contribution in [2.75, 3.05) is 0 Å². The molecule has 4 heteroatoms. The lowest BCUT2D eigenvalue weighted by atomic mass is 9.69. The summed E-state index contributed by atoms with van der Waals surface area (Å²) in [6, 6.07) is -0.805. The van der Waals surface area contributed by atoms with Gasteiger partial charge in [-0.2, -0.15) is 12.6 Å². The highest BCUT2D eigenvalue weighted by atomic mass is 32.1.